The summed E-state index contributed by atoms with van der Waals surface area (Å²) in [6.45, 7) is 8.09. The van der Waals surface area contributed by atoms with Gasteiger partial charge >= 0.3 is 0 Å². The molecule has 0 radical (unpaired) electrons. The maximum absolute atomic E-state index is 16.4. The van der Waals surface area contributed by atoms with Crippen LogP contribution in [-0.4, -0.2) is 45.4 Å². The second-order valence-electron chi connectivity index (χ2n) is 10.5. The number of hydrogen-bond acceptors (Lipinski definition) is 6. The lowest BCUT2D eigenvalue weighted by atomic mass is 9.86. The Kier molecular flexibility index (Phi) is 5.75. The van der Waals surface area contributed by atoms with Crippen LogP contribution >= 0.6 is 0 Å². The van der Waals surface area contributed by atoms with Crippen LogP contribution in [0.25, 0.3) is 32.9 Å². The number of fused-ring (bicyclic) bond motifs is 2. The van der Waals surface area contributed by atoms with Crippen LogP contribution in [0.15, 0.2) is 30.5 Å². The minimum atomic E-state index is -0.604. The lowest BCUT2D eigenvalue weighted by Gasteiger charge is -2.49. The summed E-state index contributed by atoms with van der Waals surface area (Å²) in [6, 6.07) is 5.98. The maximum atomic E-state index is 16.4. The Hall–Kier alpha value is -3.39. The van der Waals surface area contributed by atoms with Crippen molar-refractivity contribution < 1.29 is 18.6 Å². The summed E-state index contributed by atoms with van der Waals surface area (Å²) in [7, 11) is 0. The number of phenols is 1. The van der Waals surface area contributed by atoms with E-state index in [-0.39, 0.29) is 34.3 Å². The van der Waals surface area contributed by atoms with Crippen molar-refractivity contribution in [3.05, 3.63) is 53.5 Å². The van der Waals surface area contributed by atoms with Gasteiger partial charge in [0.15, 0.2) is 5.82 Å². The number of aromatic nitrogens is 3. The first-order chi connectivity index (χ1) is 17.8. The summed E-state index contributed by atoms with van der Waals surface area (Å²) in [5.41, 5.74) is 0.862. The zero-order chi connectivity index (χ0) is 25.9. The fraction of sp³-hybridized carbons (Fsp3) is 0.414. The molecule has 2 aromatic carbocycles. The molecule has 6 rings (SSSR count). The highest BCUT2D eigenvalue weighted by Crippen LogP contribution is 2.41. The number of aryl methyl sites for hydroxylation is 1. The number of nitrogens with zero attached hydrogens (tertiary/aromatic N) is 4. The van der Waals surface area contributed by atoms with Gasteiger partial charge in [0.1, 0.15) is 34.4 Å². The molecule has 4 heterocycles. The van der Waals surface area contributed by atoms with Crippen LogP contribution in [0.1, 0.15) is 57.3 Å². The molecule has 1 N–H and O–H groups in total. The third-order valence-corrected chi connectivity index (χ3v) is 7.76. The molecule has 4 aromatic rings. The highest BCUT2D eigenvalue weighted by molar-refractivity contribution is 6.01. The Bertz CT molecular complexity index is 1530. The topological polar surface area (TPSA) is 71.4 Å². The molecule has 2 aromatic heterocycles. The predicted molar refractivity (Wildman–Crippen MR) is 140 cm³/mol. The second kappa shape index (κ2) is 8.87. The van der Waals surface area contributed by atoms with Crippen molar-refractivity contribution in [2.45, 2.75) is 58.0 Å². The van der Waals surface area contributed by atoms with Gasteiger partial charge in [-0.2, -0.15) is 0 Å². The molecule has 2 saturated heterocycles. The molecule has 0 bridgehead atoms. The zero-order valence-corrected chi connectivity index (χ0v) is 21.3. The fourth-order valence-corrected chi connectivity index (χ4v) is 5.77. The fourth-order valence-electron chi connectivity index (χ4n) is 5.77. The summed E-state index contributed by atoms with van der Waals surface area (Å²) >= 11 is 0. The Morgan fingerprint density at radius 2 is 1.97 bits per heavy atom. The minimum Gasteiger partial charge on any atom is -0.508 e. The third-order valence-electron chi connectivity index (χ3n) is 7.76. The van der Waals surface area contributed by atoms with E-state index in [4.69, 9.17) is 9.72 Å². The van der Waals surface area contributed by atoms with Gasteiger partial charge in [-0.1, -0.05) is 26.8 Å². The number of hydrogen-bond donors (Lipinski definition) is 1. The summed E-state index contributed by atoms with van der Waals surface area (Å²) in [4.78, 5) is 16.2. The molecular weight excluding hydrogens is 474 g/mol. The van der Waals surface area contributed by atoms with Crippen molar-refractivity contribution in [1.29, 1.82) is 0 Å². The standard InChI is InChI=1S/C29H30F2N4O2/c1-4-19-22(30)7-6-17-12-18(36)13-20(23(17)19)25-24(31)26-21(14-32-25)28(34-27(33-26)16(2)3)35-10-5-8-29(15-35)9-11-37-29/h6-7,12-14,16,36H,4-5,8-11,15H2,1-3H3/t29-/m1/s1. The lowest BCUT2D eigenvalue weighted by molar-refractivity contribution is -0.151. The van der Waals surface area contributed by atoms with Gasteiger partial charge < -0.3 is 14.7 Å². The number of phenolic OH excluding ortho intramolecular Hbond substituents is 1. The Morgan fingerprint density at radius 1 is 1.16 bits per heavy atom. The zero-order valence-electron chi connectivity index (χ0n) is 21.3. The molecule has 1 atom stereocenters. The van der Waals surface area contributed by atoms with Crippen molar-refractivity contribution in [3.63, 3.8) is 0 Å². The van der Waals surface area contributed by atoms with Crippen molar-refractivity contribution in [2.24, 2.45) is 0 Å². The third kappa shape index (κ3) is 3.89. The van der Waals surface area contributed by atoms with Gasteiger partial charge in [-0.25, -0.2) is 18.7 Å². The van der Waals surface area contributed by atoms with Crippen LogP contribution in [-0.2, 0) is 11.2 Å². The molecule has 2 fully saturated rings. The molecule has 8 heteroatoms. The van der Waals surface area contributed by atoms with Crippen molar-refractivity contribution >= 4 is 27.5 Å². The lowest BCUT2D eigenvalue weighted by Crippen LogP contribution is -2.56. The van der Waals surface area contributed by atoms with Gasteiger partial charge in [0.05, 0.1) is 17.6 Å². The van der Waals surface area contributed by atoms with Gasteiger partial charge in [-0.15, -0.1) is 0 Å². The number of aromatic hydroxyl groups is 1. The van der Waals surface area contributed by atoms with Crippen LogP contribution in [0, 0.1) is 11.6 Å². The summed E-state index contributed by atoms with van der Waals surface area (Å²) in [6.07, 6.45) is 5.02. The first-order valence-corrected chi connectivity index (χ1v) is 13.0. The van der Waals surface area contributed by atoms with E-state index in [0.29, 0.717) is 51.9 Å². The SMILES string of the molecule is CCc1c(F)ccc2cc(O)cc(-c3ncc4c(N5CCC[C@@]6(CCO6)C5)nc(C(C)C)nc4c3F)c12. The van der Waals surface area contributed by atoms with Gasteiger partial charge in [0.2, 0.25) is 0 Å². The Morgan fingerprint density at radius 3 is 2.68 bits per heavy atom. The first kappa shape index (κ1) is 24.0. The smallest absolute Gasteiger partial charge is 0.175 e. The van der Waals surface area contributed by atoms with E-state index in [9.17, 15) is 9.50 Å². The summed E-state index contributed by atoms with van der Waals surface area (Å²) in [5, 5.41) is 12.1. The van der Waals surface area contributed by atoms with Gasteiger partial charge in [-0.3, -0.25) is 4.98 Å². The summed E-state index contributed by atoms with van der Waals surface area (Å²) < 4.78 is 37.1. The number of rotatable bonds is 4. The van der Waals surface area contributed by atoms with Gasteiger partial charge in [0, 0.05) is 37.2 Å². The van der Waals surface area contributed by atoms with E-state index in [0.717, 1.165) is 32.4 Å². The average molecular weight is 505 g/mol. The van der Waals surface area contributed by atoms with Crippen LogP contribution in [0.4, 0.5) is 14.6 Å². The summed E-state index contributed by atoms with van der Waals surface area (Å²) in [5.74, 6) is 0.194. The number of ether oxygens (including phenoxy) is 1. The van der Waals surface area contributed by atoms with Crippen molar-refractivity contribution in [2.75, 3.05) is 24.6 Å². The molecule has 2 aliphatic heterocycles. The molecule has 0 aliphatic carbocycles. The normalized spacial score (nSPS) is 19.8. The molecule has 2 aliphatic rings. The Balaban J connectivity index is 1.58. The van der Waals surface area contributed by atoms with Crippen molar-refractivity contribution in [3.8, 4) is 17.0 Å². The largest absolute Gasteiger partial charge is 0.508 e. The molecule has 0 saturated carbocycles. The van der Waals surface area contributed by atoms with Crippen LogP contribution in [0.2, 0.25) is 0 Å². The molecule has 1 spiro atoms. The van der Waals surface area contributed by atoms with Crippen LogP contribution in [0.5, 0.6) is 5.75 Å². The van der Waals surface area contributed by atoms with Crippen molar-refractivity contribution in [1.82, 2.24) is 15.0 Å². The van der Waals surface area contributed by atoms with Crippen LogP contribution < -0.4 is 4.90 Å². The van der Waals surface area contributed by atoms with Gasteiger partial charge in [0.25, 0.3) is 0 Å². The minimum absolute atomic E-state index is 0.0136. The average Bonchev–Trinajstić information content (AvgIpc) is 2.87. The molecule has 6 nitrogen and oxygen atoms in total. The molecular formula is C29H30F2N4O2. The number of benzene rings is 2. The van der Waals surface area contributed by atoms with E-state index < -0.39 is 5.82 Å². The van der Waals surface area contributed by atoms with E-state index in [1.54, 1.807) is 18.3 Å². The predicted octanol–water partition coefficient (Wildman–Crippen LogP) is 6.27. The maximum Gasteiger partial charge on any atom is 0.175 e. The van der Waals surface area contributed by atoms with E-state index in [2.05, 4.69) is 14.9 Å². The number of halogens is 2. The Labute approximate surface area is 214 Å². The molecule has 192 valence electrons. The number of piperidine rings is 1. The highest BCUT2D eigenvalue weighted by atomic mass is 19.1. The number of anilines is 1. The van der Waals surface area contributed by atoms with E-state index in [1.165, 1.54) is 12.1 Å². The quantitative estimate of drug-likeness (QED) is 0.353. The van der Waals surface area contributed by atoms with Crippen LogP contribution in [0.3, 0.4) is 0 Å². The first-order valence-electron chi connectivity index (χ1n) is 13.0. The molecule has 37 heavy (non-hydrogen) atoms. The van der Waals surface area contributed by atoms with E-state index >= 15 is 4.39 Å². The van der Waals surface area contributed by atoms with E-state index in [1.807, 2.05) is 20.8 Å². The molecule has 0 unspecified atom stereocenters. The second-order valence-corrected chi connectivity index (χ2v) is 10.5. The molecule has 0 amide bonds. The van der Waals surface area contributed by atoms with Gasteiger partial charge in [-0.05, 0) is 53.8 Å². The monoisotopic (exact) mass is 504 g/mol. The highest BCUT2D eigenvalue weighted by Gasteiger charge is 2.43. The number of pyridine rings is 1.